The number of hydrogen-bond donors (Lipinski definition) is 1. The predicted molar refractivity (Wildman–Crippen MR) is 86.9 cm³/mol. The Morgan fingerprint density at radius 3 is 2.62 bits per heavy atom. The van der Waals surface area contributed by atoms with Crippen LogP contribution in [-0.4, -0.2) is 19.3 Å². The molecule has 0 amide bonds. The quantitative estimate of drug-likeness (QED) is 0.880. The third-order valence-electron chi connectivity index (χ3n) is 4.65. The molecular weight excluding hydrogens is 286 g/mol. The van der Waals surface area contributed by atoms with E-state index in [1.54, 1.807) is 7.11 Å². The molecule has 3 nitrogen and oxygen atoms in total. The van der Waals surface area contributed by atoms with Gasteiger partial charge in [-0.05, 0) is 56.7 Å². The summed E-state index contributed by atoms with van der Waals surface area (Å²) in [6.07, 6.45) is 4.27. The lowest BCUT2D eigenvalue weighted by Gasteiger charge is -2.43. The smallest absolute Gasteiger partial charge is 0.123 e. The fourth-order valence-corrected chi connectivity index (χ4v) is 3.50. The van der Waals surface area contributed by atoms with Crippen molar-refractivity contribution in [1.29, 1.82) is 0 Å². The minimum atomic E-state index is -0.306. The van der Waals surface area contributed by atoms with Gasteiger partial charge in [-0.15, -0.1) is 0 Å². The van der Waals surface area contributed by atoms with Gasteiger partial charge in [-0.3, -0.25) is 0 Å². The lowest BCUT2D eigenvalue weighted by molar-refractivity contribution is -0.0899. The molecule has 0 aromatic heterocycles. The summed E-state index contributed by atoms with van der Waals surface area (Å²) in [7, 11) is 1.66. The molecule has 1 atom stereocenters. The Labute approximate surface area is 132 Å². The standard InChI is InChI=1S/C17H26ClNO2/c1-4-21-17(9-7-12(2)8-10-17)16(19)14-11-13(18)5-6-15(14)20-3/h5-6,11-12,16H,4,7-10,19H2,1-3H3. The zero-order valence-electron chi connectivity index (χ0n) is 13.2. The highest BCUT2D eigenvalue weighted by atomic mass is 35.5. The maximum Gasteiger partial charge on any atom is 0.123 e. The van der Waals surface area contributed by atoms with E-state index in [0.29, 0.717) is 11.6 Å². The summed E-state index contributed by atoms with van der Waals surface area (Å²) < 4.78 is 11.6. The van der Waals surface area contributed by atoms with E-state index in [1.165, 1.54) is 0 Å². The average molecular weight is 312 g/mol. The van der Waals surface area contributed by atoms with Crippen molar-refractivity contribution in [2.75, 3.05) is 13.7 Å². The van der Waals surface area contributed by atoms with Gasteiger partial charge in [0, 0.05) is 17.2 Å². The number of benzene rings is 1. The van der Waals surface area contributed by atoms with Crippen molar-refractivity contribution in [1.82, 2.24) is 0 Å². The van der Waals surface area contributed by atoms with Gasteiger partial charge >= 0.3 is 0 Å². The van der Waals surface area contributed by atoms with Gasteiger partial charge < -0.3 is 15.2 Å². The van der Waals surface area contributed by atoms with Crippen LogP contribution in [0.5, 0.6) is 5.75 Å². The number of methoxy groups -OCH3 is 1. The molecule has 1 aromatic carbocycles. The van der Waals surface area contributed by atoms with Gasteiger partial charge in [0.1, 0.15) is 5.75 Å². The molecular formula is C17H26ClNO2. The van der Waals surface area contributed by atoms with Crippen molar-refractivity contribution in [2.45, 2.75) is 51.2 Å². The molecule has 4 heteroatoms. The second-order valence-corrected chi connectivity index (χ2v) is 6.48. The summed E-state index contributed by atoms with van der Waals surface area (Å²) in [5.74, 6) is 1.52. The first-order valence-electron chi connectivity index (χ1n) is 7.75. The molecule has 2 rings (SSSR count). The van der Waals surface area contributed by atoms with Crippen LogP contribution in [0.1, 0.15) is 51.1 Å². The maximum atomic E-state index is 6.62. The van der Waals surface area contributed by atoms with Crippen LogP contribution in [0.15, 0.2) is 18.2 Å². The van der Waals surface area contributed by atoms with Crippen LogP contribution < -0.4 is 10.5 Å². The molecule has 1 saturated carbocycles. The molecule has 0 radical (unpaired) electrons. The number of nitrogens with two attached hydrogens (primary N) is 1. The van der Waals surface area contributed by atoms with Crippen LogP contribution in [-0.2, 0) is 4.74 Å². The first kappa shape index (κ1) is 16.6. The SMILES string of the molecule is CCOC1(C(N)c2cc(Cl)ccc2OC)CCC(C)CC1. The zero-order chi connectivity index (χ0) is 15.5. The van der Waals surface area contributed by atoms with Gasteiger partial charge in [-0.1, -0.05) is 18.5 Å². The topological polar surface area (TPSA) is 44.5 Å². The number of rotatable bonds is 5. The van der Waals surface area contributed by atoms with Gasteiger partial charge in [0.2, 0.25) is 0 Å². The van der Waals surface area contributed by atoms with Gasteiger partial charge in [0.25, 0.3) is 0 Å². The van der Waals surface area contributed by atoms with Crippen molar-refractivity contribution in [2.24, 2.45) is 11.7 Å². The van der Waals surface area contributed by atoms with Gasteiger partial charge in [-0.2, -0.15) is 0 Å². The minimum Gasteiger partial charge on any atom is -0.496 e. The largest absolute Gasteiger partial charge is 0.496 e. The second-order valence-electron chi connectivity index (χ2n) is 6.04. The number of halogens is 1. The van der Waals surface area contributed by atoms with E-state index in [0.717, 1.165) is 42.9 Å². The van der Waals surface area contributed by atoms with Crippen molar-refractivity contribution in [3.05, 3.63) is 28.8 Å². The van der Waals surface area contributed by atoms with Crippen LogP contribution in [0.2, 0.25) is 5.02 Å². The molecule has 1 unspecified atom stereocenters. The predicted octanol–water partition coefficient (Wildman–Crippen LogP) is 4.33. The van der Waals surface area contributed by atoms with E-state index >= 15 is 0 Å². The molecule has 1 aliphatic rings. The van der Waals surface area contributed by atoms with E-state index in [4.69, 9.17) is 26.8 Å². The number of hydrogen-bond acceptors (Lipinski definition) is 3. The summed E-state index contributed by atoms with van der Waals surface area (Å²) in [6.45, 7) is 4.99. The normalized spacial score (nSPS) is 27.4. The second kappa shape index (κ2) is 6.99. The van der Waals surface area contributed by atoms with Gasteiger partial charge in [0.15, 0.2) is 0 Å². The molecule has 0 heterocycles. The van der Waals surface area contributed by atoms with Crippen LogP contribution in [0, 0.1) is 5.92 Å². The van der Waals surface area contributed by atoms with Gasteiger partial charge in [0.05, 0.1) is 18.8 Å². The molecule has 1 aromatic rings. The van der Waals surface area contributed by atoms with Crippen LogP contribution in [0.3, 0.4) is 0 Å². The molecule has 0 bridgehead atoms. The zero-order valence-corrected chi connectivity index (χ0v) is 14.0. The monoisotopic (exact) mass is 311 g/mol. The first-order valence-corrected chi connectivity index (χ1v) is 8.13. The molecule has 0 aliphatic heterocycles. The fourth-order valence-electron chi connectivity index (χ4n) is 3.32. The van der Waals surface area contributed by atoms with E-state index in [2.05, 4.69) is 6.92 Å². The summed E-state index contributed by atoms with van der Waals surface area (Å²) in [5.41, 5.74) is 7.25. The molecule has 0 spiro atoms. The van der Waals surface area contributed by atoms with E-state index in [-0.39, 0.29) is 11.6 Å². The first-order chi connectivity index (χ1) is 10.0. The Morgan fingerprint density at radius 2 is 2.05 bits per heavy atom. The van der Waals surface area contributed by atoms with Crippen molar-refractivity contribution >= 4 is 11.6 Å². The summed E-state index contributed by atoms with van der Waals surface area (Å²) in [6, 6.07) is 5.39. The molecule has 1 fully saturated rings. The summed E-state index contributed by atoms with van der Waals surface area (Å²) in [4.78, 5) is 0. The maximum absolute atomic E-state index is 6.62. The Bertz CT molecular complexity index is 470. The Balaban J connectivity index is 2.34. The molecule has 1 aliphatic carbocycles. The van der Waals surface area contributed by atoms with Crippen molar-refractivity contribution in [3.63, 3.8) is 0 Å². The van der Waals surface area contributed by atoms with Gasteiger partial charge in [-0.25, -0.2) is 0 Å². The lowest BCUT2D eigenvalue weighted by atomic mass is 9.73. The molecule has 21 heavy (non-hydrogen) atoms. The van der Waals surface area contributed by atoms with Crippen LogP contribution in [0.25, 0.3) is 0 Å². The summed E-state index contributed by atoms with van der Waals surface area (Å²) >= 11 is 6.15. The highest BCUT2D eigenvalue weighted by Crippen LogP contribution is 2.44. The van der Waals surface area contributed by atoms with E-state index in [9.17, 15) is 0 Å². The van der Waals surface area contributed by atoms with Crippen LogP contribution >= 0.6 is 11.6 Å². The summed E-state index contributed by atoms with van der Waals surface area (Å²) in [5, 5.41) is 0.678. The fraction of sp³-hybridized carbons (Fsp3) is 0.647. The number of ether oxygens (including phenoxy) is 2. The molecule has 118 valence electrons. The third kappa shape index (κ3) is 3.53. The average Bonchev–Trinajstić information content (AvgIpc) is 2.49. The molecule has 0 saturated heterocycles. The Kier molecular flexibility index (Phi) is 5.53. The highest BCUT2D eigenvalue weighted by molar-refractivity contribution is 6.30. The van der Waals surface area contributed by atoms with Crippen LogP contribution in [0.4, 0.5) is 0 Å². The third-order valence-corrected chi connectivity index (χ3v) is 4.88. The Hall–Kier alpha value is -0.770. The molecule has 2 N–H and O–H groups in total. The highest BCUT2D eigenvalue weighted by Gasteiger charge is 2.42. The minimum absolute atomic E-state index is 0.224. The van der Waals surface area contributed by atoms with Crippen molar-refractivity contribution < 1.29 is 9.47 Å². The van der Waals surface area contributed by atoms with E-state index in [1.807, 2.05) is 25.1 Å². The Morgan fingerprint density at radius 1 is 1.38 bits per heavy atom. The van der Waals surface area contributed by atoms with E-state index < -0.39 is 0 Å². The van der Waals surface area contributed by atoms with Crippen molar-refractivity contribution in [3.8, 4) is 5.75 Å². The lowest BCUT2D eigenvalue weighted by Crippen LogP contribution is -2.46.